The van der Waals surface area contributed by atoms with Crippen molar-refractivity contribution in [3.05, 3.63) is 0 Å². The summed E-state index contributed by atoms with van der Waals surface area (Å²) in [6, 6.07) is 1.37. The summed E-state index contributed by atoms with van der Waals surface area (Å²) in [6.07, 6.45) is 8.00. The second-order valence-electron chi connectivity index (χ2n) is 9.03. The topological polar surface area (TPSA) is 24.1 Å². The van der Waals surface area contributed by atoms with Crippen molar-refractivity contribution < 1.29 is 0 Å². The first-order chi connectivity index (χ1) is 9.17. The minimum atomic E-state index is 0.441. The first kappa shape index (κ1) is 18.0. The van der Waals surface area contributed by atoms with Gasteiger partial charge in [0.05, 0.1) is 0 Å². The maximum atomic E-state index is 3.81. The number of rotatable bonds is 6. The van der Waals surface area contributed by atoms with E-state index >= 15 is 0 Å². The molecular formula is C18H38N2. The number of hydrogen-bond donors (Lipinski definition) is 2. The summed E-state index contributed by atoms with van der Waals surface area (Å²) in [6.45, 7) is 16.3. The van der Waals surface area contributed by atoms with Gasteiger partial charge in [0.15, 0.2) is 0 Å². The van der Waals surface area contributed by atoms with Gasteiger partial charge in [-0.25, -0.2) is 0 Å². The second kappa shape index (κ2) is 7.79. The molecule has 0 aromatic heterocycles. The summed E-state index contributed by atoms with van der Waals surface area (Å²) in [5.41, 5.74) is 0.883. The fraction of sp³-hybridized carbons (Fsp3) is 1.00. The molecule has 0 aromatic carbocycles. The van der Waals surface area contributed by atoms with E-state index in [2.05, 4.69) is 52.2 Å². The molecule has 2 N–H and O–H groups in total. The van der Waals surface area contributed by atoms with E-state index in [0.29, 0.717) is 22.9 Å². The molecule has 1 fully saturated rings. The van der Waals surface area contributed by atoms with Crippen molar-refractivity contribution in [1.82, 2.24) is 10.6 Å². The Labute approximate surface area is 127 Å². The van der Waals surface area contributed by atoms with Crippen molar-refractivity contribution in [2.75, 3.05) is 13.1 Å². The van der Waals surface area contributed by atoms with Gasteiger partial charge in [-0.1, -0.05) is 54.4 Å². The smallest absolute Gasteiger partial charge is 0.0221 e. The van der Waals surface area contributed by atoms with E-state index in [1.165, 1.54) is 38.5 Å². The van der Waals surface area contributed by atoms with E-state index in [4.69, 9.17) is 0 Å². The average molecular weight is 283 g/mol. The summed E-state index contributed by atoms with van der Waals surface area (Å²) in [7, 11) is 0. The molecule has 2 heteroatoms. The molecule has 1 aliphatic carbocycles. The molecule has 0 bridgehead atoms. The molecule has 0 heterocycles. The zero-order chi connectivity index (χ0) is 15.2. The summed E-state index contributed by atoms with van der Waals surface area (Å²) < 4.78 is 0. The van der Waals surface area contributed by atoms with E-state index < -0.39 is 0 Å². The monoisotopic (exact) mass is 282 g/mol. The summed E-state index contributed by atoms with van der Waals surface area (Å²) >= 11 is 0. The van der Waals surface area contributed by atoms with Gasteiger partial charge < -0.3 is 10.6 Å². The van der Waals surface area contributed by atoms with Crippen LogP contribution < -0.4 is 10.6 Å². The Bertz CT molecular complexity index is 232. The van der Waals surface area contributed by atoms with E-state index in [9.17, 15) is 0 Å². The second-order valence-corrected chi connectivity index (χ2v) is 9.03. The molecule has 0 amide bonds. The Hall–Kier alpha value is -0.0800. The highest BCUT2D eigenvalue weighted by Crippen LogP contribution is 2.22. The molecular weight excluding hydrogens is 244 g/mol. The van der Waals surface area contributed by atoms with Gasteiger partial charge in [-0.3, -0.25) is 0 Å². The highest BCUT2D eigenvalue weighted by Gasteiger charge is 2.25. The molecule has 0 spiro atoms. The Morgan fingerprint density at radius 2 is 1.05 bits per heavy atom. The van der Waals surface area contributed by atoms with Crippen molar-refractivity contribution in [1.29, 1.82) is 0 Å². The van der Waals surface area contributed by atoms with Crippen LogP contribution in [0.5, 0.6) is 0 Å². The van der Waals surface area contributed by atoms with Gasteiger partial charge in [0.2, 0.25) is 0 Å². The largest absolute Gasteiger partial charge is 0.312 e. The SMILES string of the molecule is CC(C)(C)CCNC1CCCC[C@H]1NCCC(C)(C)C. The van der Waals surface area contributed by atoms with Crippen molar-refractivity contribution in [2.24, 2.45) is 10.8 Å². The standard InChI is InChI=1S/C18H38N2/c1-17(2,3)11-13-19-15-9-7-8-10-16(15)20-14-12-18(4,5)6/h15-16,19-20H,7-14H2,1-6H3/t15-,16?/m1/s1. The van der Waals surface area contributed by atoms with Gasteiger partial charge in [-0.05, 0) is 49.6 Å². The van der Waals surface area contributed by atoms with Crippen LogP contribution in [-0.4, -0.2) is 25.2 Å². The van der Waals surface area contributed by atoms with E-state index in [-0.39, 0.29) is 0 Å². The van der Waals surface area contributed by atoms with Gasteiger partial charge in [0.1, 0.15) is 0 Å². The highest BCUT2D eigenvalue weighted by molar-refractivity contribution is 4.87. The van der Waals surface area contributed by atoms with Crippen LogP contribution >= 0.6 is 0 Å². The maximum Gasteiger partial charge on any atom is 0.0221 e. The molecule has 1 saturated carbocycles. The maximum absolute atomic E-state index is 3.81. The molecule has 120 valence electrons. The molecule has 0 aromatic rings. The third kappa shape index (κ3) is 8.26. The predicted molar refractivity (Wildman–Crippen MR) is 90.2 cm³/mol. The van der Waals surface area contributed by atoms with Crippen LogP contribution in [0.1, 0.15) is 80.1 Å². The lowest BCUT2D eigenvalue weighted by molar-refractivity contribution is 0.257. The molecule has 0 radical (unpaired) electrons. The molecule has 2 atom stereocenters. The molecule has 20 heavy (non-hydrogen) atoms. The summed E-state index contributed by atoms with van der Waals surface area (Å²) in [4.78, 5) is 0. The molecule has 1 aliphatic rings. The van der Waals surface area contributed by atoms with Crippen LogP contribution in [0.4, 0.5) is 0 Å². The van der Waals surface area contributed by atoms with Crippen LogP contribution in [0.3, 0.4) is 0 Å². The zero-order valence-corrected chi connectivity index (χ0v) is 14.8. The zero-order valence-electron chi connectivity index (χ0n) is 14.8. The van der Waals surface area contributed by atoms with Crippen molar-refractivity contribution >= 4 is 0 Å². The van der Waals surface area contributed by atoms with Crippen LogP contribution in [0.15, 0.2) is 0 Å². The minimum absolute atomic E-state index is 0.441. The van der Waals surface area contributed by atoms with Crippen molar-refractivity contribution in [3.8, 4) is 0 Å². The third-order valence-electron chi connectivity index (χ3n) is 4.33. The normalized spacial score (nSPS) is 24.9. The van der Waals surface area contributed by atoms with Gasteiger partial charge in [-0.2, -0.15) is 0 Å². The first-order valence-electron chi connectivity index (χ1n) is 8.64. The van der Waals surface area contributed by atoms with Gasteiger partial charge in [-0.15, -0.1) is 0 Å². The Kier molecular flexibility index (Phi) is 7.00. The minimum Gasteiger partial charge on any atom is -0.312 e. The molecule has 2 nitrogen and oxygen atoms in total. The molecule has 0 aliphatic heterocycles. The van der Waals surface area contributed by atoms with Gasteiger partial charge >= 0.3 is 0 Å². The fourth-order valence-electron chi connectivity index (χ4n) is 2.88. The van der Waals surface area contributed by atoms with E-state index in [1.807, 2.05) is 0 Å². The van der Waals surface area contributed by atoms with Gasteiger partial charge in [0.25, 0.3) is 0 Å². The summed E-state index contributed by atoms with van der Waals surface area (Å²) in [5.74, 6) is 0. The molecule has 1 rings (SSSR count). The Balaban J connectivity index is 2.30. The first-order valence-corrected chi connectivity index (χ1v) is 8.64. The number of nitrogens with one attached hydrogen (secondary N) is 2. The predicted octanol–water partition coefficient (Wildman–Crippen LogP) is 4.35. The van der Waals surface area contributed by atoms with E-state index in [1.54, 1.807) is 0 Å². The highest BCUT2D eigenvalue weighted by atomic mass is 15.0. The van der Waals surface area contributed by atoms with Crippen LogP contribution in [-0.2, 0) is 0 Å². The number of hydrogen-bond acceptors (Lipinski definition) is 2. The Morgan fingerprint density at radius 3 is 1.35 bits per heavy atom. The van der Waals surface area contributed by atoms with Crippen LogP contribution in [0.25, 0.3) is 0 Å². The van der Waals surface area contributed by atoms with Gasteiger partial charge in [0, 0.05) is 12.1 Å². The lowest BCUT2D eigenvalue weighted by Crippen LogP contribution is -2.50. The lowest BCUT2D eigenvalue weighted by Gasteiger charge is -2.34. The van der Waals surface area contributed by atoms with Crippen LogP contribution in [0.2, 0.25) is 0 Å². The van der Waals surface area contributed by atoms with Crippen LogP contribution in [0, 0.1) is 10.8 Å². The Morgan fingerprint density at radius 1 is 0.700 bits per heavy atom. The quantitative estimate of drug-likeness (QED) is 0.757. The lowest BCUT2D eigenvalue weighted by atomic mass is 9.88. The molecule has 0 saturated heterocycles. The summed E-state index contributed by atoms with van der Waals surface area (Å²) in [5, 5.41) is 7.63. The van der Waals surface area contributed by atoms with Crippen molar-refractivity contribution in [3.63, 3.8) is 0 Å². The molecule has 1 unspecified atom stereocenters. The average Bonchev–Trinajstić information content (AvgIpc) is 2.28. The van der Waals surface area contributed by atoms with E-state index in [0.717, 1.165) is 13.1 Å². The van der Waals surface area contributed by atoms with Crippen molar-refractivity contribution in [2.45, 2.75) is 92.2 Å². The third-order valence-corrected chi connectivity index (χ3v) is 4.33. The fourth-order valence-corrected chi connectivity index (χ4v) is 2.88.